The summed E-state index contributed by atoms with van der Waals surface area (Å²) in [6.07, 6.45) is 0.795. The summed E-state index contributed by atoms with van der Waals surface area (Å²) in [5.41, 5.74) is 5.72. The zero-order chi connectivity index (χ0) is 12.8. The second kappa shape index (κ2) is 6.56. The highest BCUT2D eigenvalue weighted by molar-refractivity contribution is 5.79. The van der Waals surface area contributed by atoms with Crippen molar-refractivity contribution in [2.24, 2.45) is 17.6 Å². The quantitative estimate of drug-likeness (QED) is 0.589. The fourth-order valence-corrected chi connectivity index (χ4v) is 1.82. The number of aliphatic carboxylic acids is 1. The van der Waals surface area contributed by atoms with Crippen molar-refractivity contribution in [2.75, 3.05) is 19.8 Å². The first-order valence-electron chi connectivity index (χ1n) is 5.87. The number of carbonyl (C=O) groups excluding carboxylic acids is 1. The van der Waals surface area contributed by atoms with Crippen LogP contribution in [0.4, 0.5) is 0 Å². The van der Waals surface area contributed by atoms with Crippen molar-refractivity contribution in [3.8, 4) is 0 Å². The van der Waals surface area contributed by atoms with Gasteiger partial charge in [-0.15, -0.1) is 0 Å². The number of hydrogen-bond donors (Lipinski definition) is 3. The summed E-state index contributed by atoms with van der Waals surface area (Å²) < 4.78 is 5.11. The Morgan fingerprint density at radius 2 is 2.24 bits per heavy atom. The predicted octanol–water partition coefficient (Wildman–Crippen LogP) is -0.423. The minimum Gasteiger partial charge on any atom is -0.481 e. The van der Waals surface area contributed by atoms with E-state index in [-0.39, 0.29) is 30.2 Å². The Morgan fingerprint density at radius 3 is 2.71 bits per heavy atom. The molecule has 0 bridgehead atoms. The van der Waals surface area contributed by atoms with Gasteiger partial charge in [0.2, 0.25) is 5.91 Å². The van der Waals surface area contributed by atoms with Crippen LogP contribution in [0.1, 0.15) is 19.8 Å². The highest BCUT2D eigenvalue weighted by Gasteiger charge is 2.31. The Bertz CT molecular complexity index is 283. The lowest BCUT2D eigenvalue weighted by Crippen LogP contribution is -2.42. The molecule has 0 aromatic rings. The van der Waals surface area contributed by atoms with E-state index >= 15 is 0 Å². The number of rotatable bonds is 6. The molecule has 1 aliphatic heterocycles. The normalized spacial score (nSPS) is 25.5. The number of carbonyl (C=O) groups is 2. The van der Waals surface area contributed by atoms with Crippen molar-refractivity contribution in [2.45, 2.75) is 25.8 Å². The van der Waals surface area contributed by atoms with Gasteiger partial charge in [-0.05, 0) is 5.92 Å². The number of hydrogen-bond acceptors (Lipinski definition) is 4. The lowest BCUT2D eigenvalue weighted by atomic mass is 10.0. The monoisotopic (exact) mass is 244 g/mol. The zero-order valence-corrected chi connectivity index (χ0v) is 10.0. The molecule has 0 aliphatic carbocycles. The first-order chi connectivity index (χ1) is 8.04. The molecular weight excluding hydrogens is 224 g/mol. The Balaban J connectivity index is 2.33. The van der Waals surface area contributed by atoms with Gasteiger partial charge in [0.15, 0.2) is 0 Å². The summed E-state index contributed by atoms with van der Waals surface area (Å²) in [6.45, 7) is 3.04. The van der Waals surface area contributed by atoms with Crippen molar-refractivity contribution in [1.29, 1.82) is 0 Å². The second-order valence-electron chi connectivity index (χ2n) is 4.43. The molecule has 17 heavy (non-hydrogen) atoms. The van der Waals surface area contributed by atoms with Crippen LogP contribution >= 0.6 is 0 Å². The van der Waals surface area contributed by atoms with Crippen molar-refractivity contribution >= 4 is 11.9 Å². The van der Waals surface area contributed by atoms with E-state index in [1.165, 1.54) is 0 Å². The smallest absolute Gasteiger partial charge is 0.303 e. The van der Waals surface area contributed by atoms with Gasteiger partial charge in [-0.1, -0.05) is 13.3 Å². The topological polar surface area (TPSA) is 102 Å². The minimum absolute atomic E-state index is 0.0324. The van der Waals surface area contributed by atoms with E-state index in [0.717, 1.165) is 6.42 Å². The molecule has 0 spiro atoms. The molecule has 6 heteroatoms. The molecule has 3 unspecified atom stereocenters. The first kappa shape index (κ1) is 13.9. The number of nitrogens with two attached hydrogens (primary N) is 1. The van der Waals surface area contributed by atoms with Gasteiger partial charge < -0.3 is 20.9 Å². The molecule has 6 nitrogen and oxygen atoms in total. The van der Waals surface area contributed by atoms with Crippen LogP contribution in [0.5, 0.6) is 0 Å². The lowest BCUT2D eigenvalue weighted by Gasteiger charge is -2.17. The average Bonchev–Trinajstić information content (AvgIpc) is 2.69. The van der Waals surface area contributed by atoms with E-state index in [4.69, 9.17) is 15.6 Å². The molecule has 0 radical (unpaired) electrons. The van der Waals surface area contributed by atoms with Crippen LogP contribution < -0.4 is 11.1 Å². The molecule has 4 N–H and O–H groups in total. The second-order valence-corrected chi connectivity index (χ2v) is 4.43. The maximum atomic E-state index is 11.7. The standard InChI is InChI=1S/C11H20N2O4/c1-2-7(3-10(14)15)4-13-11(16)8-5-17-6-9(8)12/h7-9H,2-6,12H2,1H3,(H,13,16)(H,14,15). The third kappa shape index (κ3) is 4.32. The van der Waals surface area contributed by atoms with E-state index < -0.39 is 5.97 Å². The third-order valence-corrected chi connectivity index (χ3v) is 3.07. The molecule has 1 heterocycles. The van der Waals surface area contributed by atoms with Crippen molar-refractivity contribution in [3.05, 3.63) is 0 Å². The van der Waals surface area contributed by atoms with Crippen molar-refractivity contribution < 1.29 is 19.4 Å². The Labute approximate surface area is 101 Å². The van der Waals surface area contributed by atoms with E-state index in [9.17, 15) is 9.59 Å². The van der Waals surface area contributed by atoms with Gasteiger partial charge in [-0.25, -0.2) is 0 Å². The van der Waals surface area contributed by atoms with Gasteiger partial charge in [-0.3, -0.25) is 9.59 Å². The molecule has 1 amide bonds. The average molecular weight is 244 g/mol. The molecule has 0 aromatic heterocycles. The Hall–Kier alpha value is -1.14. The number of carboxylic acids is 1. The summed E-state index contributed by atoms with van der Waals surface area (Å²) >= 11 is 0. The molecule has 98 valence electrons. The molecule has 1 saturated heterocycles. The predicted molar refractivity (Wildman–Crippen MR) is 61.3 cm³/mol. The maximum Gasteiger partial charge on any atom is 0.303 e. The van der Waals surface area contributed by atoms with Gasteiger partial charge in [-0.2, -0.15) is 0 Å². The third-order valence-electron chi connectivity index (χ3n) is 3.07. The summed E-state index contributed by atoms with van der Waals surface area (Å²) in [4.78, 5) is 22.3. The van der Waals surface area contributed by atoms with Crippen molar-refractivity contribution in [1.82, 2.24) is 5.32 Å². The Morgan fingerprint density at radius 1 is 1.53 bits per heavy atom. The van der Waals surface area contributed by atoms with Gasteiger partial charge in [0.1, 0.15) is 0 Å². The molecule has 1 rings (SSSR count). The van der Waals surface area contributed by atoms with Crippen molar-refractivity contribution in [3.63, 3.8) is 0 Å². The van der Waals surface area contributed by atoms with Gasteiger partial charge in [0.05, 0.1) is 19.1 Å². The first-order valence-corrected chi connectivity index (χ1v) is 5.87. The van der Waals surface area contributed by atoms with E-state index in [1.807, 2.05) is 6.92 Å². The van der Waals surface area contributed by atoms with E-state index in [0.29, 0.717) is 19.8 Å². The molecule has 3 atom stereocenters. The highest BCUT2D eigenvalue weighted by atomic mass is 16.5. The van der Waals surface area contributed by atoms with Gasteiger partial charge >= 0.3 is 5.97 Å². The highest BCUT2D eigenvalue weighted by Crippen LogP contribution is 2.12. The fourth-order valence-electron chi connectivity index (χ4n) is 1.82. The summed E-state index contributed by atoms with van der Waals surface area (Å²) in [5, 5.41) is 11.4. The number of amides is 1. The van der Waals surface area contributed by atoms with Crippen LogP contribution in [0.3, 0.4) is 0 Å². The summed E-state index contributed by atoms with van der Waals surface area (Å²) in [5.74, 6) is -1.32. The van der Waals surface area contributed by atoms with Crippen LogP contribution in [0, 0.1) is 11.8 Å². The van der Waals surface area contributed by atoms with Gasteiger partial charge in [0, 0.05) is 19.0 Å². The van der Waals surface area contributed by atoms with Crippen LogP contribution in [0.2, 0.25) is 0 Å². The zero-order valence-electron chi connectivity index (χ0n) is 10.0. The van der Waals surface area contributed by atoms with Crippen LogP contribution in [-0.2, 0) is 14.3 Å². The van der Waals surface area contributed by atoms with Crippen LogP contribution in [-0.4, -0.2) is 42.8 Å². The molecular formula is C11H20N2O4. The van der Waals surface area contributed by atoms with Gasteiger partial charge in [0.25, 0.3) is 0 Å². The number of carboxylic acid groups (broad SMARTS) is 1. The molecule has 0 aromatic carbocycles. The van der Waals surface area contributed by atoms with Crippen LogP contribution in [0.15, 0.2) is 0 Å². The van der Waals surface area contributed by atoms with E-state index in [2.05, 4.69) is 5.32 Å². The lowest BCUT2D eigenvalue weighted by molar-refractivity contribution is -0.138. The SMILES string of the molecule is CCC(CNC(=O)C1COCC1N)CC(=O)O. The largest absolute Gasteiger partial charge is 0.481 e. The summed E-state index contributed by atoms with van der Waals surface area (Å²) in [7, 11) is 0. The maximum absolute atomic E-state index is 11.7. The molecule has 1 aliphatic rings. The Kier molecular flexibility index (Phi) is 5.37. The number of nitrogens with one attached hydrogen (secondary N) is 1. The fraction of sp³-hybridized carbons (Fsp3) is 0.818. The van der Waals surface area contributed by atoms with E-state index in [1.54, 1.807) is 0 Å². The number of ether oxygens (including phenoxy) is 1. The minimum atomic E-state index is -0.841. The summed E-state index contributed by atoms with van der Waals surface area (Å²) in [6, 6.07) is -0.255. The van der Waals surface area contributed by atoms with Crippen LogP contribution in [0.25, 0.3) is 0 Å². The molecule has 1 fully saturated rings. The molecule has 0 saturated carbocycles.